The van der Waals surface area contributed by atoms with Crippen molar-refractivity contribution >= 4 is 21.6 Å². The molecule has 0 saturated heterocycles. The highest BCUT2D eigenvalue weighted by molar-refractivity contribution is 9.10. The van der Waals surface area contributed by atoms with E-state index in [0.29, 0.717) is 6.54 Å². The number of benzene rings is 1. The quantitative estimate of drug-likeness (QED) is 0.791. The molecule has 0 bridgehead atoms. The van der Waals surface area contributed by atoms with E-state index in [1.54, 1.807) is 0 Å². The van der Waals surface area contributed by atoms with Crippen LogP contribution in [0.5, 0.6) is 0 Å². The van der Waals surface area contributed by atoms with Gasteiger partial charge in [0.15, 0.2) is 0 Å². The summed E-state index contributed by atoms with van der Waals surface area (Å²) in [5, 5.41) is 3.08. The van der Waals surface area contributed by atoms with E-state index in [1.807, 2.05) is 25.2 Å². The van der Waals surface area contributed by atoms with Gasteiger partial charge in [0.25, 0.3) is 0 Å². The second-order valence-electron chi connectivity index (χ2n) is 2.22. The zero-order valence-corrected chi connectivity index (χ0v) is 7.98. The van der Waals surface area contributed by atoms with Gasteiger partial charge in [-0.2, -0.15) is 0 Å². The third-order valence-corrected chi connectivity index (χ3v) is 2.34. The third-order valence-electron chi connectivity index (χ3n) is 1.59. The normalized spacial score (nSPS) is 9.73. The molecule has 0 saturated carbocycles. The van der Waals surface area contributed by atoms with Gasteiger partial charge < -0.3 is 11.1 Å². The monoisotopic (exact) mass is 214 g/mol. The van der Waals surface area contributed by atoms with E-state index in [1.165, 1.54) is 0 Å². The van der Waals surface area contributed by atoms with Crippen molar-refractivity contribution in [2.75, 3.05) is 12.4 Å². The molecule has 0 atom stereocenters. The van der Waals surface area contributed by atoms with Crippen LogP contribution in [0.25, 0.3) is 0 Å². The maximum absolute atomic E-state index is 5.56. The molecule has 0 spiro atoms. The number of hydrogen-bond acceptors (Lipinski definition) is 2. The molecule has 0 aliphatic heterocycles. The van der Waals surface area contributed by atoms with Crippen molar-refractivity contribution in [3.63, 3.8) is 0 Å². The molecule has 0 aliphatic rings. The summed E-state index contributed by atoms with van der Waals surface area (Å²) in [4.78, 5) is 0. The van der Waals surface area contributed by atoms with Crippen molar-refractivity contribution < 1.29 is 0 Å². The Morgan fingerprint density at radius 2 is 2.27 bits per heavy atom. The smallest absolute Gasteiger partial charge is 0.0394 e. The Morgan fingerprint density at radius 3 is 2.73 bits per heavy atom. The summed E-state index contributed by atoms with van der Waals surface area (Å²) in [6.07, 6.45) is 0. The van der Waals surface area contributed by atoms with Crippen LogP contribution in [0.3, 0.4) is 0 Å². The molecule has 3 heteroatoms. The average Bonchev–Trinajstić information content (AvgIpc) is 2.04. The number of nitrogens with two attached hydrogens (primary N) is 1. The van der Waals surface area contributed by atoms with Gasteiger partial charge in [0.05, 0.1) is 0 Å². The summed E-state index contributed by atoms with van der Waals surface area (Å²) in [7, 11) is 1.89. The first kappa shape index (κ1) is 8.56. The Morgan fingerprint density at radius 1 is 1.55 bits per heavy atom. The summed E-state index contributed by atoms with van der Waals surface area (Å²) in [5.41, 5.74) is 7.76. The molecule has 0 unspecified atom stereocenters. The lowest BCUT2D eigenvalue weighted by Gasteiger charge is -2.07. The molecule has 0 aliphatic carbocycles. The van der Waals surface area contributed by atoms with Crippen LogP contribution in [0.15, 0.2) is 22.7 Å². The molecule has 11 heavy (non-hydrogen) atoms. The van der Waals surface area contributed by atoms with Crippen LogP contribution in [0.2, 0.25) is 0 Å². The molecule has 0 fully saturated rings. The number of halogens is 1. The van der Waals surface area contributed by atoms with Crippen LogP contribution < -0.4 is 11.1 Å². The summed E-state index contributed by atoms with van der Waals surface area (Å²) in [5.74, 6) is 0. The lowest BCUT2D eigenvalue weighted by molar-refractivity contribution is 1.06. The summed E-state index contributed by atoms with van der Waals surface area (Å²) in [6, 6.07) is 5.98. The molecule has 1 rings (SSSR count). The SMILES string of the molecule is CNc1cccc(Br)c1CN. The molecule has 60 valence electrons. The molecule has 0 radical (unpaired) electrons. The maximum atomic E-state index is 5.56. The minimum absolute atomic E-state index is 0.553. The Kier molecular flexibility index (Phi) is 2.91. The highest BCUT2D eigenvalue weighted by Crippen LogP contribution is 2.23. The maximum Gasteiger partial charge on any atom is 0.0394 e. The van der Waals surface area contributed by atoms with E-state index < -0.39 is 0 Å². The molecular formula is C8H11BrN2. The van der Waals surface area contributed by atoms with Crippen molar-refractivity contribution in [2.45, 2.75) is 6.54 Å². The van der Waals surface area contributed by atoms with E-state index in [2.05, 4.69) is 21.2 Å². The van der Waals surface area contributed by atoms with Crippen molar-refractivity contribution in [1.29, 1.82) is 0 Å². The zero-order valence-electron chi connectivity index (χ0n) is 6.39. The van der Waals surface area contributed by atoms with E-state index >= 15 is 0 Å². The Hall–Kier alpha value is -0.540. The summed E-state index contributed by atoms with van der Waals surface area (Å²) >= 11 is 3.43. The first-order chi connectivity index (χ1) is 5.29. The van der Waals surface area contributed by atoms with E-state index in [4.69, 9.17) is 5.73 Å². The number of hydrogen-bond donors (Lipinski definition) is 2. The summed E-state index contributed by atoms with van der Waals surface area (Å²) < 4.78 is 1.06. The Bertz CT molecular complexity index is 248. The minimum Gasteiger partial charge on any atom is -0.388 e. The van der Waals surface area contributed by atoms with Crippen molar-refractivity contribution in [3.8, 4) is 0 Å². The molecule has 3 N–H and O–H groups in total. The fourth-order valence-electron chi connectivity index (χ4n) is 1.00. The van der Waals surface area contributed by atoms with Crippen molar-refractivity contribution in [3.05, 3.63) is 28.2 Å². The molecule has 2 nitrogen and oxygen atoms in total. The van der Waals surface area contributed by atoms with Gasteiger partial charge in [-0.25, -0.2) is 0 Å². The molecule has 0 amide bonds. The molecule has 0 aromatic heterocycles. The zero-order chi connectivity index (χ0) is 8.27. The number of nitrogens with one attached hydrogen (secondary N) is 1. The Labute approximate surface area is 74.9 Å². The second kappa shape index (κ2) is 3.74. The number of rotatable bonds is 2. The van der Waals surface area contributed by atoms with Crippen LogP contribution in [-0.2, 0) is 6.54 Å². The predicted molar refractivity (Wildman–Crippen MR) is 51.6 cm³/mol. The topological polar surface area (TPSA) is 38.0 Å². The van der Waals surface area contributed by atoms with E-state index in [0.717, 1.165) is 15.7 Å². The fourth-order valence-corrected chi connectivity index (χ4v) is 1.53. The van der Waals surface area contributed by atoms with Gasteiger partial charge in [-0.1, -0.05) is 22.0 Å². The lowest BCUT2D eigenvalue weighted by Crippen LogP contribution is -2.02. The van der Waals surface area contributed by atoms with Crippen molar-refractivity contribution in [1.82, 2.24) is 0 Å². The van der Waals surface area contributed by atoms with Crippen molar-refractivity contribution in [2.24, 2.45) is 5.73 Å². The van der Waals surface area contributed by atoms with E-state index in [9.17, 15) is 0 Å². The van der Waals surface area contributed by atoms with Crippen LogP contribution >= 0.6 is 15.9 Å². The Balaban J connectivity index is 3.13. The highest BCUT2D eigenvalue weighted by atomic mass is 79.9. The van der Waals surface area contributed by atoms with Gasteiger partial charge in [-0.3, -0.25) is 0 Å². The minimum atomic E-state index is 0.553. The van der Waals surface area contributed by atoms with Crippen LogP contribution in [0, 0.1) is 0 Å². The summed E-state index contributed by atoms with van der Waals surface area (Å²) in [6.45, 7) is 0.553. The largest absolute Gasteiger partial charge is 0.388 e. The average molecular weight is 215 g/mol. The van der Waals surface area contributed by atoms with Gasteiger partial charge in [-0.15, -0.1) is 0 Å². The standard InChI is InChI=1S/C8H11BrN2/c1-11-8-4-2-3-7(9)6(8)5-10/h2-4,11H,5,10H2,1H3. The second-order valence-corrected chi connectivity index (χ2v) is 3.07. The fraction of sp³-hybridized carbons (Fsp3) is 0.250. The number of anilines is 1. The highest BCUT2D eigenvalue weighted by Gasteiger charge is 2.01. The molecule has 1 aromatic rings. The van der Waals surface area contributed by atoms with E-state index in [-0.39, 0.29) is 0 Å². The first-order valence-corrected chi connectivity index (χ1v) is 4.24. The van der Waals surface area contributed by atoms with Gasteiger partial charge >= 0.3 is 0 Å². The molecule has 1 aromatic carbocycles. The van der Waals surface area contributed by atoms with Crippen LogP contribution in [0.4, 0.5) is 5.69 Å². The van der Waals surface area contributed by atoms with Crippen LogP contribution in [-0.4, -0.2) is 7.05 Å². The molecule has 0 heterocycles. The van der Waals surface area contributed by atoms with Gasteiger partial charge in [0, 0.05) is 29.3 Å². The predicted octanol–water partition coefficient (Wildman–Crippen LogP) is 1.95. The van der Waals surface area contributed by atoms with Crippen LogP contribution in [0.1, 0.15) is 5.56 Å². The van der Waals surface area contributed by atoms with Gasteiger partial charge in [0.1, 0.15) is 0 Å². The first-order valence-electron chi connectivity index (χ1n) is 3.44. The van der Waals surface area contributed by atoms with Gasteiger partial charge in [0.2, 0.25) is 0 Å². The molecular weight excluding hydrogens is 204 g/mol. The third kappa shape index (κ3) is 1.73. The van der Waals surface area contributed by atoms with Gasteiger partial charge in [-0.05, 0) is 12.1 Å². The lowest BCUT2D eigenvalue weighted by atomic mass is 10.2.